The second-order valence-electron chi connectivity index (χ2n) is 3.33. The van der Waals surface area contributed by atoms with Crippen molar-refractivity contribution in [2.45, 2.75) is 6.42 Å². The number of anilines is 2. The molecule has 0 aliphatic heterocycles. The van der Waals surface area contributed by atoms with Crippen LogP contribution in [0, 0.1) is 0 Å². The Balaban J connectivity index is 1.87. The minimum atomic E-state index is 0.425. The summed E-state index contributed by atoms with van der Waals surface area (Å²) in [7, 11) is 0. The van der Waals surface area contributed by atoms with Gasteiger partial charge in [-0.25, -0.2) is 9.97 Å². The molecule has 16 heavy (non-hydrogen) atoms. The molecule has 0 saturated heterocycles. The third-order valence-electron chi connectivity index (χ3n) is 2.16. The highest BCUT2D eigenvalue weighted by atomic mass is 15.0. The van der Waals surface area contributed by atoms with E-state index in [1.165, 1.54) is 5.56 Å². The van der Waals surface area contributed by atoms with Crippen LogP contribution in [-0.4, -0.2) is 21.5 Å². The summed E-state index contributed by atoms with van der Waals surface area (Å²) in [5.41, 5.74) is 6.83. The fourth-order valence-electron chi connectivity index (χ4n) is 1.36. The van der Waals surface area contributed by atoms with Crippen molar-refractivity contribution in [3.8, 4) is 0 Å². The zero-order chi connectivity index (χ0) is 11.2. The number of nitrogens with two attached hydrogens (primary N) is 1. The second kappa shape index (κ2) is 5.06. The van der Waals surface area contributed by atoms with Gasteiger partial charge >= 0.3 is 0 Å². The third kappa shape index (κ3) is 2.66. The van der Waals surface area contributed by atoms with Gasteiger partial charge in [0.05, 0.1) is 0 Å². The van der Waals surface area contributed by atoms with E-state index in [1.54, 1.807) is 18.6 Å². The maximum atomic E-state index is 5.65. The maximum absolute atomic E-state index is 5.65. The Labute approximate surface area is 93.8 Å². The molecule has 0 aliphatic rings. The summed E-state index contributed by atoms with van der Waals surface area (Å²) in [6, 6.07) is 3.96. The summed E-state index contributed by atoms with van der Waals surface area (Å²) >= 11 is 0. The average Bonchev–Trinajstić information content (AvgIpc) is 2.33. The molecule has 0 saturated carbocycles. The number of rotatable bonds is 4. The fourth-order valence-corrected chi connectivity index (χ4v) is 1.36. The van der Waals surface area contributed by atoms with E-state index in [4.69, 9.17) is 5.73 Å². The second-order valence-corrected chi connectivity index (χ2v) is 3.33. The minimum Gasteiger partial charge on any atom is -0.381 e. The van der Waals surface area contributed by atoms with Crippen molar-refractivity contribution in [1.82, 2.24) is 15.0 Å². The first-order chi connectivity index (χ1) is 7.86. The highest BCUT2D eigenvalue weighted by Gasteiger charge is 1.99. The first kappa shape index (κ1) is 10.4. The summed E-state index contributed by atoms with van der Waals surface area (Å²) in [6.45, 7) is 0.759. The Kier molecular flexibility index (Phi) is 3.28. The molecule has 82 valence electrons. The lowest BCUT2D eigenvalue weighted by molar-refractivity contribution is 0.990. The molecule has 0 aliphatic carbocycles. The van der Waals surface area contributed by atoms with Crippen molar-refractivity contribution < 1.29 is 0 Å². The van der Waals surface area contributed by atoms with Gasteiger partial charge in [0.15, 0.2) is 11.6 Å². The van der Waals surface area contributed by atoms with Crippen LogP contribution in [0.3, 0.4) is 0 Å². The van der Waals surface area contributed by atoms with Crippen LogP contribution in [0.15, 0.2) is 36.9 Å². The maximum Gasteiger partial charge on any atom is 0.168 e. The topological polar surface area (TPSA) is 76.7 Å². The largest absolute Gasteiger partial charge is 0.381 e. The average molecular weight is 215 g/mol. The lowest BCUT2D eigenvalue weighted by Gasteiger charge is -2.06. The van der Waals surface area contributed by atoms with Crippen molar-refractivity contribution in [2.24, 2.45) is 0 Å². The van der Waals surface area contributed by atoms with E-state index in [0.717, 1.165) is 13.0 Å². The molecule has 2 aromatic heterocycles. The van der Waals surface area contributed by atoms with Crippen molar-refractivity contribution >= 4 is 11.6 Å². The monoisotopic (exact) mass is 215 g/mol. The van der Waals surface area contributed by atoms with E-state index in [2.05, 4.69) is 20.3 Å². The molecule has 5 nitrogen and oxygen atoms in total. The zero-order valence-electron chi connectivity index (χ0n) is 8.80. The third-order valence-corrected chi connectivity index (χ3v) is 2.16. The summed E-state index contributed by atoms with van der Waals surface area (Å²) in [6.07, 6.45) is 7.67. The number of aromatic nitrogens is 3. The quantitative estimate of drug-likeness (QED) is 0.798. The molecular formula is C11H13N5. The number of hydrogen-bond acceptors (Lipinski definition) is 5. The van der Waals surface area contributed by atoms with E-state index < -0.39 is 0 Å². The Morgan fingerprint density at radius 2 is 2.06 bits per heavy atom. The van der Waals surface area contributed by atoms with Crippen molar-refractivity contribution in [2.75, 3.05) is 17.6 Å². The van der Waals surface area contributed by atoms with E-state index in [1.807, 2.05) is 18.3 Å². The number of pyridine rings is 1. The number of hydrogen-bond donors (Lipinski definition) is 2. The molecule has 5 heteroatoms. The fraction of sp³-hybridized carbons (Fsp3) is 0.182. The summed E-state index contributed by atoms with van der Waals surface area (Å²) < 4.78 is 0. The summed E-state index contributed by atoms with van der Waals surface area (Å²) in [5.74, 6) is 1.06. The van der Waals surface area contributed by atoms with Crippen LogP contribution >= 0.6 is 0 Å². The van der Waals surface area contributed by atoms with E-state index in [0.29, 0.717) is 11.6 Å². The van der Waals surface area contributed by atoms with Gasteiger partial charge in [0, 0.05) is 31.3 Å². The normalized spacial score (nSPS) is 10.0. The smallest absolute Gasteiger partial charge is 0.168 e. The molecule has 3 N–H and O–H groups in total. The lowest BCUT2D eigenvalue weighted by atomic mass is 10.2. The van der Waals surface area contributed by atoms with Crippen LogP contribution < -0.4 is 11.1 Å². The number of nitrogens with one attached hydrogen (secondary N) is 1. The Morgan fingerprint density at radius 3 is 2.81 bits per heavy atom. The summed E-state index contributed by atoms with van der Waals surface area (Å²) in [4.78, 5) is 12.1. The Bertz CT molecular complexity index is 443. The molecular weight excluding hydrogens is 202 g/mol. The molecule has 2 aromatic rings. The van der Waals surface area contributed by atoms with Crippen LogP contribution in [0.25, 0.3) is 0 Å². The standard InChI is InChI=1S/C11H13N5/c12-10-11(16-7-6-14-10)15-5-3-9-2-1-4-13-8-9/h1-2,4,6-8H,3,5H2,(H2,12,14)(H,15,16). The van der Waals surface area contributed by atoms with Crippen molar-refractivity contribution in [3.05, 3.63) is 42.5 Å². The molecule has 2 heterocycles. The predicted octanol–water partition coefficient (Wildman–Crippen LogP) is 1.11. The van der Waals surface area contributed by atoms with E-state index in [-0.39, 0.29) is 0 Å². The van der Waals surface area contributed by atoms with Gasteiger partial charge in [-0.2, -0.15) is 0 Å². The molecule has 0 radical (unpaired) electrons. The number of nitrogen functional groups attached to an aromatic ring is 1. The lowest BCUT2D eigenvalue weighted by Crippen LogP contribution is -2.09. The first-order valence-corrected chi connectivity index (χ1v) is 5.05. The van der Waals surface area contributed by atoms with Crippen LogP contribution in [0.5, 0.6) is 0 Å². The highest BCUT2D eigenvalue weighted by molar-refractivity contribution is 5.54. The van der Waals surface area contributed by atoms with Gasteiger partial charge in [0.25, 0.3) is 0 Å². The van der Waals surface area contributed by atoms with Gasteiger partial charge in [-0.15, -0.1) is 0 Å². The highest BCUT2D eigenvalue weighted by Crippen LogP contribution is 2.09. The molecule has 0 bridgehead atoms. The van der Waals surface area contributed by atoms with Gasteiger partial charge in [-0.05, 0) is 18.1 Å². The van der Waals surface area contributed by atoms with Gasteiger partial charge in [0.2, 0.25) is 0 Å². The SMILES string of the molecule is Nc1nccnc1NCCc1cccnc1. The van der Waals surface area contributed by atoms with Gasteiger partial charge in [0.1, 0.15) is 0 Å². The van der Waals surface area contributed by atoms with Gasteiger partial charge in [-0.3, -0.25) is 4.98 Å². The first-order valence-electron chi connectivity index (χ1n) is 5.05. The van der Waals surface area contributed by atoms with Crippen molar-refractivity contribution in [3.63, 3.8) is 0 Å². The molecule has 0 amide bonds. The van der Waals surface area contributed by atoms with Crippen LogP contribution in [0.4, 0.5) is 11.6 Å². The molecule has 2 rings (SSSR count). The van der Waals surface area contributed by atoms with Crippen LogP contribution in [-0.2, 0) is 6.42 Å². The zero-order valence-corrected chi connectivity index (χ0v) is 8.80. The Hall–Kier alpha value is -2.17. The summed E-state index contributed by atoms with van der Waals surface area (Å²) in [5, 5.41) is 3.14. The Morgan fingerprint density at radius 1 is 1.19 bits per heavy atom. The molecule has 0 atom stereocenters. The van der Waals surface area contributed by atoms with Crippen molar-refractivity contribution in [1.29, 1.82) is 0 Å². The van der Waals surface area contributed by atoms with E-state index in [9.17, 15) is 0 Å². The minimum absolute atomic E-state index is 0.425. The van der Waals surface area contributed by atoms with E-state index >= 15 is 0 Å². The molecule has 0 spiro atoms. The predicted molar refractivity (Wildman–Crippen MR) is 62.9 cm³/mol. The van der Waals surface area contributed by atoms with Gasteiger partial charge in [-0.1, -0.05) is 6.07 Å². The van der Waals surface area contributed by atoms with Gasteiger partial charge < -0.3 is 11.1 Å². The molecule has 0 aromatic carbocycles. The van der Waals surface area contributed by atoms with Crippen LogP contribution in [0.2, 0.25) is 0 Å². The molecule has 0 unspecified atom stereocenters. The molecule has 0 fully saturated rings. The van der Waals surface area contributed by atoms with Crippen LogP contribution in [0.1, 0.15) is 5.56 Å². The number of nitrogens with zero attached hydrogens (tertiary/aromatic N) is 3.